The molecule has 0 radical (unpaired) electrons. The Labute approximate surface area is 116 Å². The fourth-order valence-electron chi connectivity index (χ4n) is 1.41. The predicted molar refractivity (Wildman–Crippen MR) is 63.5 cm³/mol. The molecule has 0 fully saturated rings. The van der Waals surface area contributed by atoms with Crippen molar-refractivity contribution < 1.29 is 34.8 Å². The van der Waals surface area contributed by atoms with Gasteiger partial charge in [-0.3, -0.25) is 0 Å². The minimum atomic E-state index is -5.41. The van der Waals surface area contributed by atoms with Gasteiger partial charge in [-0.25, -0.2) is 8.42 Å². The molecule has 0 unspecified atom stereocenters. The lowest BCUT2D eigenvalue weighted by Gasteiger charge is -2.10. The smallest absolute Gasteiger partial charge is 0.385 e. The highest BCUT2D eigenvalue weighted by atomic mass is 32.2. The summed E-state index contributed by atoms with van der Waals surface area (Å²) in [4.78, 5) is -0.921. The molecule has 21 heavy (non-hydrogen) atoms. The lowest BCUT2D eigenvalue weighted by Crippen LogP contribution is -2.23. The molecule has 1 N–H and O–H groups in total. The van der Waals surface area contributed by atoms with Crippen LogP contribution in [0, 0.1) is 0 Å². The maximum absolute atomic E-state index is 12.3. The van der Waals surface area contributed by atoms with E-state index >= 15 is 0 Å². The number of hydrogen-bond acceptors (Lipinski definition) is 3. The molecule has 10 heteroatoms. The molecule has 0 aliphatic heterocycles. The van der Waals surface area contributed by atoms with Gasteiger partial charge in [-0.05, 0) is 30.7 Å². The summed E-state index contributed by atoms with van der Waals surface area (Å²) in [6.07, 6.45) is -5.46. The third-order valence-corrected chi connectivity index (χ3v) is 3.94. The monoisotopic (exact) mass is 335 g/mol. The summed E-state index contributed by atoms with van der Waals surface area (Å²) in [7, 11) is -5.41. The van der Waals surface area contributed by atoms with Crippen molar-refractivity contribution in [3.05, 3.63) is 24.3 Å². The number of nitrogens with one attached hydrogen (secondary N) is 1. The van der Waals surface area contributed by atoms with Crippen molar-refractivity contribution in [3.63, 3.8) is 0 Å². The van der Waals surface area contributed by atoms with Crippen molar-refractivity contribution in [1.29, 1.82) is 0 Å². The van der Waals surface area contributed by atoms with Gasteiger partial charge in [-0.2, -0.15) is 26.3 Å². The summed E-state index contributed by atoms with van der Waals surface area (Å²) in [5.74, 6) is 0. The van der Waals surface area contributed by atoms with Crippen molar-refractivity contribution in [1.82, 2.24) is 0 Å². The maximum Gasteiger partial charge on any atom is 0.501 e. The molecular weight excluding hydrogens is 324 g/mol. The van der Waals surface area contributed by atoms with Gasteiger partial charge in [0.25, 0.3) is 9.84 Å². The molecule has 0 bridgehead atoms. The predicted octanol–water partition coefficient (Wildman–Crippen LogP) is 3.73. The van der Waals surface area contributed by atoms with E-state index in [0.717, 1.165) is 24.3 Å². The average molecular weight is 335 g/mol. The Bertz CT molecular complexity index is 562. The second-order valence-electron chi connectivity index (χ2n) is 4.12. The summed E-state index contributed by atoms with van der Waals surface area (Å²) >= 11 is 0. The summed E-state index contributed by atoms with van der Waals surface area (Å²) in [6.45, 7) is -0.0368. The van der Waals surface area contributed by atoms with Crippen LogP contribution in [0.2, 0.25) is 0 Å². The van der Waals surface area contributed by atoms with Crippen LogP contribution in [0.25, 0.3) is 0 Å². The standard InChI is InChI=1S/C11H11F6NO2S/c12-10(13,14)6-1-7-18-8-2-4-9(5-3-8)21(19,20)11(15,16)17/h2-5,18H,1,6-7H2. The zero-order valence-corrected chi connectivity index (χ0v) is 11.2. The number of halogens is 6. The molecule has 0 saturated carbocycles. The van der Waals surface area contributed by atoms with E-state index < -0.39 is 32.8 Å². The number of anilines is 1. The topological polar surface area (TPSA) is 46.2 Å². The Kier molecular flexibility index (Phi) is 5.13. The largest absolute Gasteiger partial charge is 0.501 e. The van der Waals surface area contributed by atoms with Crippen molar-refractivity contribution in [2.45, 2.75) is 29.4 Å². The number of alkyl halides is 6. The zero-order valence-electron chi connectivity index (χ0n) is 10.4. The van der Waals surface area contributed by atoms with Gasteiger partial charge in [0.05, 0.1) is 4.90 Å². The first-order valence-corrected chi connectivity index (χ1v) is 7.14. The van der Waals surface area contributed by atoms with Crippen LogP contribution < -0.4 is 5.32 Å². The first kappa shape index (κ1) is 17.6. The first-order chi connectivity index (χ1) is 9.43. The molecule has 1 aromatic carbocycles. The van der Waals surface area contributed by atoms with Gasteiger partial charge >= 0.3 is 11.7 Å². The highest BCUT2D eigenvalue weighted by molar-refractivity contribution is 7.92. The fraction of sp³-hybridized carbons (Fsp3) is 0.455. The normalized spacial score (nSPS) is 13.2. The van der Waals surface area contributed by atoms with Crippen LogP contribution in [0.5, 0.6) is 0 Å². The van der Waals surface area contributed by atoms with Gasteiger partial charge in [0.2, 0.25) is 0 Å². The number of hydrogen-bond donors (Lipinski definition) is 1. The molecule has 1 rings (SSSR count). The van der Waals surface area contributed by atoms with Gasteiger partial charge in [0.15, 0.2) is 0 Å². The van der Waals surface area contributed by atoms with Gasteiger partial charge in [0.1, 0.15) is 0 Å². The van der Waals surface area contributed by atoms with Crippen molar-refractivity contribution in [3.8, 4) is 0 Å². The van der Waals surface area contributed by atoms with E-state index in [1.807, 2.05) is 0 Å². The molecule has 0 aliphatic carbocycles. The average Bonchev–Trinajstić information content (AvgIpc) is 2.33. The molecule has 3 nitrogen and oxygen atoms in total. The second-order valence-corrected chi connectivity index (χ2v) is 6.06. The van der Waals surface area contributed by atoms with Gasteiger partial charge in [0, 0.05) is 18.7 Å². The van der Waals surface area contributed by atoms with Crippen LogP contribution in [0.4, 0.5) is 32.0 Å². The fourth-order valence-corrected chi connectivity index (χ4v) is 2.17. The molecule has 0 amide bonds. The van der Waals surface area contributed by atoms with Gasteiger partial charge < -0.3 is 5.32 Å². The van der Waals surface area contributed by atoms with E-state index in [9.17, 15) is 34.8 Å². The first-order valence-electron chi connectivity index (χ1n) is 5.65. The van der Waals surface area contributed by atoms with Crippen LogP contribution in [0.1, 0.15) is 12.8 Å². The summed E-state index contributed by atoms with van der Waals surface area (Å²) in [6, 6.07) is 3.61. The SMILES string of the molecule is O=S(=O)(c1ccc(NCCCC(F)(F)F)cc1)C(F)(F)F. The summed E-state index contributed by atoms with van der Waals surface area (Å²) < 4.78 is 94.6. The van der Waals surface area contributed by atoms with Crippen molar-refractivity contribution in [2.24, 2.45) is 0 Å². The van der Waals surface area contributed by atoms with Crippen molar-refractivity contribution in [2.75, 3.05) is 11.9 Å². The zero-order chi connectivity index (χ0) is 16.3. The lowest BCUT2D eigenvalue weighted by atomic mass is 10.3. The molecule has 120 valence electrons. The Morgan fingerprint density at radius 3 is 1.90 bits per heavy atom. The second kappa shape index (κ2) is 6.12. The van der Waals surface area contributed by atoms with Crippen LogP contribution in [-0.2, 0) is 9.84 Å². The molecule has 0 heterocycles. The number of rotatable bonds is 5. The molecule has 0 spiro atoms. The molecule has 1 aromatic rings. The van der Waals surface area contributed by atoms with Crippen LogP contribution in [0.15, 0.2) is 29.2 Å². The molecule has 0 atom stereocenters. The molecule has 0 aliphatic rings. The van der Waals surface area contributed by atoms with Gasteiger partial charge in [-0.15, -0.1) is 0 Å². The van der Waals surface area contributed by atoms with E-state index in [0.29, 0.717) is 0 Å². The quantitative estimate of drug-likeness (QED) is 0.659. The highest BCUT2D eigenvalue weighted by Crippen LogP contribution is 2.30. The minimum absolute atomic E-state index is 0.0368. The number of sulfone groups is 1. The third kappa shape index (κ3) is 5.10. The van der Waals surface area contributed by atoms with Crippen LogP contribution >= 0.6 is 0 Å². The molecule has 0 saturated heterocycles. The summed E-state index contributed by atoms with van der Waals surface area (Å²) in [5, 5.41) is 2.56. The van der Waals surface area contributed by atoms with E-state index in [4.69, 9.17) is 0 Å². The molecule has 0 aromatic heterocycles. The van der Waals surface area contributed by atoms with Gasteiger partial charge in [-0.1, -0.05) is 0 Å². The Hall–Kier alpha value is -1.45. The Morgan fingerprint density at radius 1 is 0.952 bits per heavy atom. The van der Waals surface area contributed by atoms with Crippen LogP contribution in [-0.4, -0.2) is 26.6 Å². The van der Waals surface area contributed by atoms with E-state index in [2.05, 4.69) is 5.32 Å². The Morgan fingerprint density at radius 2 is 1.48 bits per heavy atom. The Balaban J connectivity index is 2.64. The van der Waals surface area contributed by atoms with E-state index in [-0.39, 0.29) is 18.7 Å². The lowest BCUT2D eigenvalue weighted by molar-refractivity contribution is -0.134. The van der Waals surface area contributed by atoms with E-state index in [1.165, 1.54) is 0 Å². The van der Waals surface area contributed by atoms with E-state index in [1.54, 1.807) is 0 Å². The maximum atomic E-state index is 12.3. The third-order valence-electron chi connectivity index (χ3n) is 2.44. The molecular formula is C11H11F6NO2S. The highest BCUT2D eigenvalue weighted by Gasteiger charge is 2.46. The van der Waals surface area contributed by atoms with Crippen LogP contribution in [0.3, 0.4) is 0 Å². The minimum Gasteiger partial charge on any atom is -0.385 e. The summed E-state index contributed by atoms with van der Waals surface area (Å²) in [5.41, 5.74) is -5.16. The van der Waals surface area contributed by atoms with Crippen molar-refractivity contribution >= 4 is 15.5 Å². The number of benzene rings is 1.